The van der Waals surface area contributed by atoms with Gasteiger partial charge in [0.2, 0.25) is 0 Å². The molecule has 9 N–H and O–H groups in total. The van der Waals surface area contributed by atoms with Crippen molar-refractivity contribution in [3.05, 3.63) is 110 Å². The predicted octanol–water partition coefficient (Wildman–Crippen LogP) is 29.4. The Balaban J connectivity index is 0.000000233. The van der Waals surface area contributed by atoms with Crippen molar-refractivity contribution in [3.63, 3.8) is 0 Å². The molecule has 12 aliphatic rings. The summed E-state index contributed by atoms with van der Waals surface area (Å²) >= 11 is 0. The van der Waals surface area contributed by atoms with E-state index in [4.69, 9.17) is 23.7 Å². The van der Waals surface area contributed by atoms with Gasteiger partial charge in [-0.2, -0.15) is 0 Å². The Labute approximate surface area is 873 Å². The number of aliphatic hydroxyl groups excluding tert-OH is 2. The summed E-state index contributed by atoms with van der Waals surface area (Å²) in [5.41, 5.74) is 1.68. The van der Waals surface area contributed by atoms with Crippen molar-refractivity contribution in [2.75, 3.05) is 7.11 Å². The fourth-order valence-electron chi connectivity index (χ4n) is 34.4. The van der Waals surface area contributed by atoms with Crippen molar-refractivity contribution in [1.29, 1.82) is 0 Å². The predicted molar refractivity (Wildman–Crippen MR) is 589 cm³/mol. The maximum absolute atomic E-state index is 12.0. The van der Waals surface area contributed by atoms with Crippen molar-refractivity contribution in [2.45, 2.75) is 523 Å². The number of aryl methyl sites for hydroxylation is 1. The Hall–Kier alpha value is -4.49. The van der Waals surface area contributed by atoms with Gasteiger partial charge in [0.1, 0.15) is 12.2 Å². The lowest BCUT2D eigenvalue weighted by atomic mass is 9.43. The molecule has 0 radical (unpaired) electrons. The molecule has 12 aliphatic carbocycles. The van der Waals surface area contributed by atoms with Crippen LogP contribution in [0.25, 0.3) is 0 Å². The van der Waals surface area contributed by atoms with Crippen LogP contribution in [0.2, 0.25) is 0 Å². The summed E-state index contributed by atoms with van der Waals surface area (Å²) < 4.78 is 22.6. The Kier molecular flexibility index (Phi) is 41.9. The van der Waals surface area contributed by atoms with Crippen LogP contribution in [-0.4, -0.2) is 135 Å². The summed E-state index contributed by atoms with van der Waals surface area (Å²) in [5.74, 6) is 5.56. The second-order valence-electron chi connectivity index (χ2n) is 56.0. The zero-order valence-corrected chi connectivity index (χ0v) is 97.6. The molecule has 31 atom stereocenters. The maximum atomic E-state index is 12.0. The lowest BCUT2D eigenvalue weighted by molar-refractivity contribution is -0.249. The van der Waals surface area contributed by atoms with Gasteiger partial charge in [0.25, 0.3) is 0 Å². The lowest BCUT2D eigenvalue weighted by Crippen LogP contribution is -2.66. The molecule has 16 heteroatoms. The third kappa shape index (κ3) is 28.3. The number of esters is 3. The minimum atomic E-state index is -0.965. The van der Waals surface area contributed by atoms with E-state index in [2.05, 4.69) is 191 Å². The normalized spacial score (nSPS) is 39.9. The number of carbonyl (C=O) groups excluding carboxylic acids is 3. The van der Waals surface area contributed by atoms with Gasteiger partial charge in [0, 0.05) is 45.1 Å². The average Bonchev–Trinajstić information content (AvgIpc) is 1.16. The largest absolute Gasteiger partial charge is 0.472 e. The van der Waals surface area contributed by atoms with Crippen molar-refractivity contribution >= 4 is 17.9 Å². The zero-order chi connectivity index (χ0) is 109. The summed E-state index contributed by atoms with van der Waals surface area (Å²) in [6, 6.07) is 1.98. The fraction of sp³-hybridized carbons (Fsp3) is 0.835. The third-order valence-electron chi connectivity index (χ3n) is 43.3. The molecule has 13 rings (SSSR count). The summed E-state index contributed by atoms with van der Waals surface area (Å²) in [5, 5.41) is 92.5. The smallest absolute Gasteiger partial charge is 0.303 e. The monoisotopic (exact) mass is 2000 g/mol. The number of ether oxygens (including phenoxy) is 3. The van der Waals surface area contributed by atoms with E-state index in [-0.39, 0.29) is 91.7 Å². The topological polar surface area (TPSA) is 274 Å². The summed E-state index contributed by atoms with van der Waals surface area (Å²) in [4.78, 5) is 35.7. The molecule has 1 aromatic heterocycles. The van der Waals surface area contributed by atoms with Crippen LogP contribution in [0.3, 0.4) is 0 Å². The van der Waals surface area contributed by atoms with E-state index in [1.807, 2.05) is 47.6 Å². The van der Waals surface area contributed by atoms with Crippen molar-refractivity contribution < 1.29 is 79.0 Å². The fourth-order valence-corrected chi connectivity index (χ4v) is 34.4. The van der Waals surface area contributed by atoms with Crippen LogP contribution in [0.15, 0.2) is 109 Å². The molecule has 0 aliphatic heterocycles. The van der Waals surface area contributed by atoms with Crippen LogP contribution in [0.4, 0.5) is 0 Å². The highest BCUT2D eigenvalue weighted by atomic mass is 16.6. The Morgan fingerprint density at radius 2 is 0.916 bits per heavy atom. The van der Waals surface area contributed by atoms with Gasteiger partial charge in [-0.05, 0) is 383 Å². The van der Waals surface area contributed by atoms with Crippen LogP contribution in [0, 0.1) is 142 Å². The molecule has 0 saturated heterocycles. The van der Waals surface area contributed by atoms with Gasteiger partial charge in [-0.25, -0.2) is 0 Å². The minimum Gasteiger partial charge on any atom is -0.472 e. The Bertz CT molecular complexity index is 4390. The van der Waals surface area contributed by atoms with E-state index >= 15 is 0 Å². The highest BCUT2D eigenvalue weighted by molar-refractivity contribution is 5.68. The molecule has 0 aromatic carbocycles. The second kappa shape index (κ2) is 47.8. The van der Waals surface area contributed by atoms with Crippen molar-refractivity contribution in [3.8, 4) is 0 Å². The number of hydrogen-bond acceptors (Lipinski definition) is 16. The standard InChI is InChI=1S/C24H38O5.C22H34O4.2C20H36O2.C20H36O.C20H34O.CH4O/c1-9-23(7,27)14-11-18-15(2)19(28-16(3)25)20(29-17(4)26)21-22(5,6)12-10-13-24(18,21)8;1-15-13-18(26-16(2)23)19-20(3,4)9-6-10-21(19,5)22(15,24)11-7-17-8-12-25-14-17;1-7-18(4,21)13-9-16-19(5)12-8-11-17(2,3)15(19)10-14-20(16,6)22;1-7-19(5,22)12-9-15-14(2)16(21)13-17-18(3,4)10-8-11-20(15,17)6;1-7-19(5,21)14-11-16-15(2)9-10-17-18(3,4)12-8-13-20(16,17)6;1-7-18(4,21)13-14-20(6)16(3)11-12-19(5)15(2)9-8-10-17(19)20;1-2/h9,19-21,27H,1,10-14H2,2-8H3;8,12,14-15,18-19,24H,6-7,9-11,13H2,1-5H3;7,15-16,21-22H,1,8-14H2,2-6H3;7,14-17,21-22H,1,8-13H2,2-6H3;7,15-17,21H,1,8-14H2,2-6H3;7,11,15,17,21H,1,8-10,12-14H2,2-6H3;2H,1H3. The van der Waals surface area contributed by atoms with Gasteiger partial charge in [0.15, 0.2) is 6.10 Å². The first-order chi connectivity index (χ1) is 65.6. The number of allylic oxidation sites excluding steroid dienone is 3. The molecular weight excluding hydrogens is 1780 g/mol. The number of aliphatic hydroxyl groups is 9. The van der Waals surface area contributed by atoms with Crippen molar-refractivity contribution in [1.82, 2.24) is 0 Å². The van der Waals surface area contributed by atoms with Gasteiger partial charge in [-0.1, -0.05) is 244 Å². The lowest BCUT2D eigenvalue weighted by Gasteiger charge is -2.64. The van der Waals surface area contributed by atoms with Gasteiger partial charge in [-0.3, -0.25) is 14.4 Å². The van der Waals surface area contributed by atoms with E-state index in [9.17, 15) is 55.2 Å². The van der Waals surface area contributed by atoms with E-state index in [0.717, 1.165) is 163 Å². The van der Waals surface area contributed by atoms with Crippen molar-refractivity contribution in [2.24, 2.45) is 142 Å². The Morgan fingerprint density at radius 1 is 0.462 bits per heavy atom. The van der Waals surface area contributed by atoms with Crippen LogP contribution < -0.4 is 0 Å². The summed E-state index contributed by atoms with van der Waals surface area (Å²) in [7, 11) is 1.00. The van der Waals surface area contributed by atoms with E-state index in [1.54, 1.807) is 55.4 Å². The first-order valence-electron chi connectivity index (χ1n) is 56.9. The molecule has 0 amide bonds. The molecule has 0 spiro atoms. The van der Waals surface area contributed by atoms with Crippen LogP contribution in [0.1, 0.15) is 458 Å². The molecule has 16 nitrogen and oxygen atoms in total. The summed E-state index contributed by atoms with van der Waals surface area (Å²) in [6.45, 7) is 88.2. The van der Waals surface area contributed by atoms with Gasteiger partial charge in [-0.15, -0.1) is 32.9 Å². The van der Waals surface area contributed by atoms with Gasteiger partial charge >= 0.3 is 17.9 Å². The number of hydrogen-bond donors (Lipinski definition) is 9. The van der Waals surface area contributed by atoms with Gasteiger partial charge < -0.3 is 64.6 Å². The molecule has 0 bridgehead atoms. The van der Waals surface area contributed by atoms with Crippen LogP contribution >= 0.6 is 0 Å². The molecule has 822 valence electrons. The Morgan fingerprint density at radius 3 is 1.43 bits per heavy atom. The first kappa shape index (κ1) is 125. The zero-order valence-electron chi connectivity index (χ0n) is 97.6. The second-order valence-corrected chi connectivity index (χ2v) is 56.0. The summed E-state index contributed by atoms with van der Waals surface area (Å²) in [6.07, 6.45) is 52.4. The molecule has 10 saturated carbocycles. The van der Waals surface area contributed by atoms with Gasteiger partial charge in [0.05, 0.1) is 57.8 Å². The number of furan rings is 1. The maximum Gasteiger partial charge on any atom is 0.303 e. The van der Waals surface area contributed by atoms with E-state index < -0.39 is 51.4 Å². The third-order valence-corrected chi connectivity index (χ3v) is 43.3. The number of carbonyl (C=O) groups is 3. The highest BCUT2D eigenvalue weighted by Gasteiger charge is 2.67. The quantitative estimate of drug-likeness (QED) is 0.0237. The highest BCUT2D eigenvalue weighted by Crippen LogP contribution is 2.70. The van der Waals surface area contributed by atoms with E-state index in [0.29, 0.717) is 76.4 Å². The molecule has 1 heterocycles. The molecular formula is C127H218O16. The number of fused-ring (bicyclic) bond motifs is 6. The molecule has 31 unspecified atom stereocenters. The van der Waals surface area contributed by atoms with Crippen LogP contribution in [-0.2, 0) is 35.0 Å². The molecule has 10 fully saturated rings. The molecule has 1 aromatic rings. The SMILES string of the molecule is C=CC(C)(O)CCC1(C)C(C)=CCC2(C)C(C)CCCC12.C=CC(C)(O)CCC1=C(C)C(OC(C)=O)C(OC(C)=O)C2C(C)(C)CCCC12C.C=CC(C)(O)CCC1C(C)(O)CCC2C(C)(C)CCCC21C.C=CC(C)(O)CCC1C(C)C(O)CC2C(C)(C)CCCC12C.C=CC(C)(O)CCC1C(C)CCC2C(C)(C)CCCC12C.CC(=O)OC1CC(C)C(O)(CCc2ccoc2)C2(C)CCCC(C)(C)C12.CO. The first-order valence-corrected chi connectivity index (χ1v) is 56.9. The van der Waals surface area contributed by atoms with E-state index in [1.165, 1.54) is 123 Å². The van der Waals surface area contributed by atoms with Crippen LogP contribution in [0.5, 0.6) is 0 Å². The number of rotatable bonds is 26. The average molecular weight is 2000 g/mol. The minimum absolute atomic E-state index is 0.0179. The molecule has 143 heavy (non-hydrogen) atoms.